The van der Waals surface area contributed by atoms with E-state index in [2.05, 4.69) is 26.2 Å². The molecule has 1 aromatic carbocycles. The molecule has 128 valence electrons. The smallest absolute Gasteiger partial charge is 0.323 e. The van der Waals surface area contributed by atoms with Crippen molar-refractivity contribution in [3.8, 4) is 5.69 Å². The first kappa shape index (κ1) is 17.0. The molecule has 1 amide bonds. The largest absolute Gasteiger partial charge is 0.330 e. The highest BCUT2D eigenvalue weighted by molar-refractivity contribution is 9.10. The SMILES string of the molecule is Cc1c[nH]c(=O)n1-c1ccccc1NC(=O)Cn1cc(Br)ccc1=O. The third-order valence-corrected chi connectivity index (χ3v) is 4.11. The van der Waals surface area contributed by atoms with Gasteiger partial charge in [-0.3, -0.25) is 14.2 Å². The van der Waals surface area contributed by atoms with Gasteiger partial charge in [-0.1, -0.05) is 12.1 Å². The Kier molecular flexibility index (Phi) is 4.71. The predicted octanol–water partition coefficient (Wildman–Crippen LogP) is 2.04. The van der Waals surface area contributed by atoms with Crippen LogP contribution < -0.4 is 16.6 Å². The van der Waals surface area contributed by atoms with E-state index >= 15 is 0 Å². The average molecular weight is 403 g/mol. The number of aromatic amines is 1. The van der Waals surface area contributed by atoms with Gasteiger partial charge in [0.05, 0.1) is 11.4 Å². The van der Waals surface area contributed by atoms with Crippen molar-refractivity contribution >= 4 is 27.5 Å². The lowest BCUT2D eigenvalue weighted by molar-refractivity contribution is -0.116. The average Bonchev–Trinajstić information content (AvgIpc) is 2.90. The van der Waals surface area contributed by atoms with E-state index in [1.54, 1.807) is 49.6 Å². The Hall–Kier alpha value is -2.87. The molecule has 2 heterocycles. The fourth-order valence-electron chi connectivity index (χ4n) is 2.50. The van der Waals surface area contributed by atoms with Crippen LogP contribution in [0.1, 0.15) is 5.69 Å². The molecule has 2 N–H and O–H groups in total. The number of nitrogens with one attached hydrogen (secondary N) is 2. The number of carbonyl (C=O) groups excluding carboxylic acids is 1. The number of amides is 1. The number of pyridine rings is 1. The number of imidazole rings is 1. The number of carbonyl (C=O) groups is 1. The van der Waals surface area contributed by atoms with E-state index in [1.165, 1.54) is 15.2 Å². The summed E-state index contributed by atoms with van der Waals surface area (Å²) in [6.45, 7) is 1.66. The maximum Gasteiger partial charge on any atom is 0.330 e. The van der Waals surface area contributed by atoms with Crippen molar-refractivity contribution < 1.29 is 4.79 Å². The lowest BCUT2D eigenvalue weighted by Crippen LogP contribution is -2.27. The van der Waals surface area contributed by atoms with Gasteiger partial charge in [-0.15, -0.1) is 0 Å². The first-order chi connectivity index (χ1) is 12.0. The standard InChI is InChI=1S/C17H15BrN4O3/c1-11-8-19-17(25)22(11)14-5-3-2-4-13(14)20-15(23)10-21-9-12(18)6-7-16(21)24/h2-9H,10H2,1H3,(H,19,25)(H,20,23). The summed E-state index contributed by atoms with van der Waals surface area (Å²) in [7, 11) is 0. The second-order valence-electron chi connectivity index (χ2n) is 5.45. The summed E-state index contributed by atoms with van der Waals surface area (Å²) in [5, 5.41) is 2.76. The number of para-hydroxylation sites is 2. The Morgan fingerprint density at radius 1 is 1.20 bits per heavy atom. The van der Waals surface area contributed by atoms with Gasteiger partial charge >= 0.3 is 5.69 Å². The molecule has 3 aromatic rings. The van der Waals surface area contributed by atoms with Gasteiger partial charge in [0.2, 0.25) is 5.91 Å². The second kappa shape index (κ2) is 6.94. The molecule has 0 fully saturated rings. The number of rotatable bonds is 4. The molecule has 0 aliphatic rings. The number of halogens is 1. The fourth-order valence-corrected chi connectivity index (χ4v) is 2.88. The van der Waals surface area contributed by atoms with Gasteiger partial charge in [0.25, 0.3) is 5.56 Å². The molecule has 0 aliphatic heterocycles. The number of anilines is 1. The summed E-state index contributed by atoms with van der Waals surface area (Å²) in [5.41, 5.74) is 1.20. The van der Waals surface area contributed by atoms with Gasteiger partial charge in [-0.2, -0.15) is 0 Å². The zero-order valence-corrected chi connectivity index (χ0v) is 14.9. The highest BCUT2D eigenvalue weighted by atomic mass is 79.9. The van der Waals surface area contributed by atoms with E-state index in [0.717, 1.165) is 5.69 Å². The molecular weight excluding hydrogens is 388 g/mol. The molecule has 0 radical (unpaired) electrons. The van der Waals surface area contributed by atoms with Crippen LogP contribution in [0.25, 0.3) is 5.69 Å². The minimum absolute atomic E-state index is 0.131. The highest BCUT2D eigenvalue weighted by Crippen LogP contribution is 2.19. The quantitative estimate of drug-likeness (QED) is 0.699. The lowest BCUT2D eigenvalue weighted by Gasteiger charge is -2.13. The Morgan fingerprint density at radius 3 is 2.68 bits per heavy atom. The Labute approximate surface area is 151 Å². The van der Waals surface area contributed by atoms with Crippen molar-refractivity contribution in [1.29, 1.82) is 0 Å². The molecule has 0 spiro atoms. The maximum atomic E-state index is 12.4. The molecular formula is C17H15BrN4O3. The summed E-state index contributed by atoms with van der Waals surface area (Å²) in [6.07, 6.45) is 3.15. The van der Waals surface area contributed by atoms with Gasteiger partial charge in [0.1, 0.15) is 6.54 Å². The van der Waals surface area contributed by atoms with Crippen molar-refractivity contribution in [2.24, 2.45) is 0 Å². The zero-order chi connectivity index (χ0) is 18.0. The Balaban J connectivity index is 1.89. The van der Waals surface area contributed by atoms with Gasteiger partial charge < -0.3 is 14.9 Å². The summed E-state index contributed by atoms with van der Waals surface area (Å²) >= 11 is 3.27. The van der Waals surface area contributed by atoms with Gasteiger partial charge in [-0.25, -0.2) is 4.79 Å². The number of nitrogens with zero attached hydrogens (tertiary/aromatic N) is 2. The van der Waals surface area contributed by atoms with Crippen molar-refractivity contribution in [3.63, 3.8) is 0 Å². The molecule has 0 bridgehead atoms. The minimum Gasteiger partial charge on any atom is -0.323 e. The molecule has 0 aliphatic carbocycles. The number of hydrogen-bond donors (Lipinski definition) is 2. The lowest BCUT2D eigenvalue weighted by atomic mass is 10.2. The van der Waals surface area contributed by atoms with E-state index in [9.17, 15) is 14.4 Å². The molecule has 25 heavy (non-hydrogen) atoms. The van der Waals surface area contributed by atoms with Crippen LogP contribution in [0.4, 0.5) is 5.69 Å². The molecule has 0 atom stereocenters. The van der Waals surface area contributed by atoms with E-state index < -0.39 is 0 Å². The zero-order valence-electron chi connectivity index (χ0n) is 13.3. The topological polar surface area (TPSA) is 88.9 Å². The van der Waals surface area contributed by atoms with Crippen molar-refractivity contribution in [1.82, 2.24) is 14.1 Å². The molecule has 0 saturated heterocycles. The minimum atomic E-state index is -0.367. The first-order valence-electron chi connectivity index (χ1n) is 7.48. The number of aromatic nitrogens is 3. The van der Waals surface area contributed by atoms with Crippen LogP contribution in [0.15, 0.2) is 62.9 Å². The first-order valence-corrected chi connectivity index (χ1v) is 8.27. The predicted molar refractivity (Wildman–Crippen MR) is 98.2 cm³/mol. The van der Waals surface area contributed by atoms with Gasteiger partial charge in [0, 0.05) is 28.6 Å². The number of hydrogen-bond acceptors (Lipinski definition) is 3. The maximum absolute atomic E-state index is 12.4. The second-order valence-corrected chi connectivity index (χ2v) is 6.37. The van der Waals surface area contributed by atoms with Crippen molar-refractivity contribution in [3.05, 3.63) is 79.8 Å². The van der Waals surface area contributed by atoms with E-state index in [0.29, 0.717) is 15.8 Å². The van der Waals surface area contributed by atoms with E-state index in [-0.39, 0.29) is 23.7 Å². The highest BCUT2D eigenvalue weighted by Gasteiger charge is 2.12. The van der Waals surface area contributed by atoms with Crippen LogP contribution >= 0.6 is 15.9 Å². The normalized spacial score (nSPS) is 10.6. The van der Waals surface area contributed by atoms with Crippen LogP contribution in [0.3, 0.4) is 0 Å². The number of benzene rings is 1. The molecule has 7 nitrogen and oxygen atoms in total. The molecule has 0 unspecified atom stereocenters. The fraction of sp³-hybridized carbons (Fsp3) is 0.118. The van der Waals surface area contributed by atoms with Crippen molar-refractivity contribution in [2.45, 2.75) is 13.5 Å². The van der Waals surface area contributed by atoms with Crippen LogP contribution in [0.2, 0.25) is 0 Å². The van der Waals surface area contributed by atoms with Crippen LogP contribution in [0.5, 0.6) is 0 Å². The third-order valence-electron chi connectivity index (χ3n) is 3.64. The molecule has 2 aromatic heterocycles. The Bertz CT molecular complexity index is 1050. The Morgan fingerprint density at radius 2 is 1.96 bits per heavy atom. The third kappa shape index (κ3) is 3.63. The van der Waals surface area contributed by atoms with Crippen LogP contribution in [-0.2, 0) is 11.3 Å². The molecule has 8 heteroatoms. The summed E-state index contributed by atoms with van der Waals surface area (Å²) in [6, 6.07) is 9.99. The van der Waals surface area contributed by atoms with Crippen molar-refractivity contribution in [2.75, 3.05) is 5.32 Å². The van der Waals surface area contributed by atoms with Crippen LogP contribution in [-0.4, -0.2) is 20.0 Å². The summed E-state index contributed by atoms with van der Waals surface area (Å²) in [4.78, 5) is 38.8. The van der Waals surface area contributed by atoms with E-state index in [4.69, 9.17) is 0 Å². The number of H-pyrrole nitrogens is 1. The molecule has 0 saturated carbocycles. The molecule has 3 rings (SSSR count). The van der Waals surface area contributed by atoms with Gasteiger partial charge in [-0.05, 0) is 41.1 Å². The van der Waals surface area contributed by atoms with E-state index in [1.807, 2.05) is 0 Å². The summed E-state index contributed by atoms with van der Waals surface area (Å²) < 4.78 is 3.48. The summed E-state index contributed by atoms with van der Waals surface area (Å²) in [5.74, 6) is -0.367. The van der Waals surface area contributed by atoms with Crippen LogP contribution in [0, 0.1) is 6.92 Å². The monoisotopic (exact) mass is 402 g/mol. The van der Waals surface area contributed by atoms with Gasteiger partial charge in [0.15, 0.2) is 0 Å². The number of aryl methyl sites for hydroxylation is 1.